The quantitative estimate of drug-likeness (QED) is 0.610. The normalized spacial score (nSPS) is 17.8. The average Bonchev–Trinajstić information content (AvgIpc) is 3.22. The van der Waals surface area contributed by atoms with E-state index in [1.807, 2.05) is 30.3 Å². The minimum Gasteiger partial charge on any atom is -0.368 e. The van der Waals surface area contributed by atoms with Crippen molar-refractivity contribution in [2.75, 3.05) is 6.54 Å². The van der Waals surface area contributed by atoms with Gasteiger partial charge in [0.2, 0.25) is 17.7 Å². The molecule has 0 aromatic heterocycles. The molecule has 0 bridgehead atoms. The Bertz CT molecular complexity index is 1030. The van der Waals surface area contributed by atoms with E-state index in [1.165, 1.54) is 4.90 Å². The van der Waals surface area contributed by atoms with Crippen molar-refractivity contribution in [2.24, 2.45) is 5.73 Å². The number of hydrogen-bond donors (Lipinski definition) is 2. The first-order valence-corrected chi connectivity index (χ1v) is 10.2. The second-order valence-corrected chi connectivity index (χ2v) is 7.55. The van der Waals surface area contributed by atoms with Crippen LogP contribution in [0.4, 0.5) is 8.78 Å². The van der Waals surface area contributed by atoms with Crippen LogP contribution in [0.2, 0.25) is 0 Å². The molecule has 0 radical (unpaired) electrons. The van der Waals surface area contributed by atoms with E-state index in [9.17, 15) is 28.0 Å². The van der Waals surface area contributed by atoms with Crippen molar-refractivity contribution in [1.29, 1.82) is 0 Å². The highest BCUT2D eigenvalue weighted by Gasteiger charge is 2.40. The number of nitrogens with two attached hydrogens (primary N) is 1. The Morgan fingerprint density at radius 2 is 1.72 bits per heavy atom. The first-order valence-electron chi connectivity index (χ1n) is 10.2. The fourth-order valence-electron chi connectivity index (χ4n) is 3.87. The number of carbonyl (C=O) groups excluding carboxylic acids is 4. The van der Waals surface area contributed by atoms with Gasteiger partial charge in [0.25, 0.3) is 0 Å². The number of primary amides is 1. The maximum Gasteiger partial charge on any atom is 0.240 e. The molecule has 7 nitrogen and oxygen atoms in total. The third kappa shape index (κ3) is 5.35. The summed E-state index contributed by atoms with van der Waals surface area (Å²) in [7, 11) is 0. The van der Waals surface area contributed by atoms with Crippen molar-refractivity contribution >= 4 is 23.5 Å². The molecular formula is C23H23F2N3O4. The zero-order chi connectivity index (χ0) is 23.3. The minimum atomic E-state index is -1.02. The molecule has 1 fully saturated rings. The lowest BCUT2D eigenvalue weighted by Crippen LogP contribution is -2.45. The average molecular weight is 443 g/mol. The van der Waals surface area contributed by atoms with Crippen molar-refractivity contribution in [2.45, 2.75) is 37.8 Å². The van der Waals surface area contributed by atoms with Gasteiger partial charge in [0.05, 0.1) is 18.2 Å². The van der Waals surface area contributed by atoms with Crippen LogP contribution in [0, 0.1) is 11.6 Å². The Kier molecular flexibility index (Phi) is 7.29. The molecule has 2 aromatic rings. The molecule has 2 aromatic carbocycles. The maximum absolute atomic E-state index is 13.7. The van der Waals surface area contributed by atoms with E-state index in [2.05, 4.69) is 5.32 Å². The minimum absolute atomic E-state index is 0.182. The van der Waals surface area contributed by atoms with Crippen molar-refractivity contribution in [3.05, 3.63) is 71.3 Å². The number of nitrogens with zero attached hydrogens (tertiary/aromatic N) is 1. The molecule has 1 heterocycles. The molecule has 0 aliphatic carbocycles. The van der Waals surface area contributed by atoms with E-state index >= 15 is 0 Å². The summed E-state index contributed by atoms with van der Waals surface area (Å²) in [5.74, 6) is -4.14. The molecular weight excluding hydrogens is 420 g/mol. The number of amides is 3. The molecule has 0 unspecified atom stereocenters. The number of likely N-dealkylation sites (tertiary alicyclic amines) is 1. The predicted molar refractivity (Wildman–Crippen MR) is 111 cm³/mol. The van der Waals surface area contributed by atoms with E-state index < -0.39 is 47.7 Å². The zero-order valence-corrected chi connectivity index (χ0v) is 17.2. The highest BCUT2D eigenvalue weighted by Crippen LogP contribution is 2.36. The highest BCUT2D eigenvalue weighted by atomic mass is 19.1. The van der Waals surface area contributed by atoms with E-state index in [0.717, 1.165) is 17.7 Å². The number of Topliss-reactive ketones (excluding diaryl/α,β-unsaturated/α-hetero) is 1. The number of ketones is 1. The molecule has 9 heteroatoms. The van der Waals surface area contributed by atoms with Gasteiger partial charge in [-0.3, -0.25) is 19.2 Å². The topological polar surface area (TPSA) is 110 Å². The molecule has 0 spiro atoms. The van der Waals surface area contributed by atoms with Crippen LogP contribution in [0.15, 0.2) is 48.5 Å². The third-order valence-electron chi connectivity index (χ3n) is 5.43. The largest absolute Gasteiger partial charge is 0.368 e. The van der Waals surface area contributed by atoms with Crippen molar-refractivity contribution in [1.82, 2.24) is 10.2 Å². The summed E-state index contributed by atoms with van der Waals surface area (Å²) in [6.07, 6.45) is 0.609. The molecule has 3 N–H and O–H groups in total. The lowest BCUT2D eigenvalue weighted by atomic mass is 10.0. The van der Waals surface area contributed by atoms with Crippen LogP contribution in [0.25, 0.3) is 0 Å². The first-order chi connectivity index (χ1) is 15.3. The fraction of sp³-hybridized carbons (Fsp3) is 0.304. The number of halogens is 2. The van der Waals surface area contributed by atoms with E-state index in [-0.39, 0.29) is 24.4 Å². The van der Waals surface area contributed by atoms with Crippen molar-refractivity contribution in [3.63, 3.8) is 0 Å². The van der Waals surface area contributed by atoms with Gasteiger partial charge in [-0.2, -0.15) is 0 Å². The van der Waals surface area contributed by atoms with Crippen LogP contribution in [0.1, 0.15) is 47.6 Å². The third-order valence-corrected chi connectivity index (χ3v) is 5.43. The Morgan fingerprint density at radius 3 is 2.38 bits per heavy atom. The van der Waals surface area contributed by atoms with Gasteiger partial charge in [-0.1, -0.05) is 30.3 Å². The summed E-state index contributed by atoms with van der Waals surface area (Å²) in [6.45, 7) is -0.490. The van der Waals surface area contributed by atoms with Gasteiger partial charge in [-0.15, -0.1) is 0 Å². The summed E-state index contributed by atoms with van der Waals surface area (Å²) < 4.78 is 26.6. The predicted octanol–water partition coefficient (Wildman–Crippen LogP) is 2.26. The summed E-state index contributed by atoms with van der Waals surface area (Å²) in [5, 5.41) is 2.33. The van der Waals surface area contributed by atoms with Gasteiger partial charge in [-0.25, -0.2) is 8.78 Å². The Hall–Kier alpha value is -3.62. The van der Waals surface area contributed by atoms with E-state index in [4.69, 9.17) is 5.73 Å². The smallest absolute Gasteiger partial charge is 0.240 e. The molecule has 3 rings (SSSR count). The molecule has 3 amide bonds. The maximum atomic E-state index is 13.7. The van der Waals surface area contributed by atoms with Crippen LogP contribution in [-0.2, 0) is 14.4 Å². The lowest BCUT2D eigenvalue weighted by molar-refractivity contribution is -0.140. The molecule has 0 saturated carbocycles. The molecule has 168 valence electrons. The number of carbonyl (C=O) groups is 4. The highest BCUT2D eigenvalue weighted by molar-refractivity contribution is 5.99. The standard InChI is InChI=1S/C23H23F2N3O4/c24-15-6-7-16(17(25)12-15)20(29)13-27-21(30)10-11-22(31)28-18(8-9-19(28)23(26)32)14-4-2-1-3-5-14/h1-7,12,18-19H,8-11,13H2,(H2,26,32)(H,27,30)/t18-,19-/m1/s1. The van der Waals surface area contributed by atoms with Gasteiger partial charge in [0.15, 0.2) is 5.78 Å². The second kappa shape index (κ2) is 10.1. The number of nitrogens with one attached hydrogen (secondary N) is 1. The van der Waals surface area contributed by atoms with Crippen molar-refractivity contribution in [3.8, 4) is 0 Å². The molecule has 1 aliphatic rings. The molecule has 1 saturated heterocycles. The number of benzene rings is 2. The fourth-order valence-corrected chi connectivity index (χ4v) is 3.87. The van der Waals surface area contributed by atoms with Crippen LogP contribution in [0.5, 0.6) is 0 Å². The summed E-state index contributed by atoms with van der Waals surface area (Å²) in [4.78, 5) is 50.3. The molecule has 2 atom stereocenters. The van der Waals surface area contributed by atoms with Gasteiger partial charge >= 0.3 is 0 Å². The Morgan fingerprint density at radius 1 is 1.00 bits per heavy atom. The van der Waals surface area contributed by atoms with E-state index in [1.54, 1.807) is 0 Å². The van der Waals surface area contributed by atoms with Crippen LogP contribution >= 0.6 is 0 Å². The van der Waals surface area contributed by atoms with Gasteiger partial charge in [-0.05, 0) is 30.5 Å². The van der Waals surface area contributed by atoms with Gasteiger partial charge in [0, 0.05) is 18.9 Å². The summed E-state index contributed by atoms with van der Waals surface area (Å²) in [6, 6.07) is 10.7. The Balaban J connectivity index is 1.57. The Labute approximate surface area is 183 Å². The summed E-state index contributed by atoms with van der Waals surface area (Å²) >= 11 is 0. The zero-order valence-electron chi connectivity index (χ0n) is 17.2. The van der Waals surface area contributed by atoms with Crippen molar-refractivity contribution < 1.29 is 28.0 Å². The van der Waals surface area contributed by atoms with E-state index in [0.29, 0.717) is 18.9 Å². The van der Waals surface area contributed by atoms with Crippen LogP contribution < -0.4 is 11.1 Å². The SMILES string of the molecule is NC(=O)[C@H]1CC[C@H](c2ccccc2)N1C(=O)CCC(=O)NCC(=O)c1ccc(F)cc1F. The molecule has 32 heavy (non-hydrogen) atoms. The number of rotatable bonds is 8. The lowest BCUT2D eigenvalue weighted by Gasteiger charge is -2.29. The monoisotopic (exact) mass is 443 g/mol. The summed E-state index contributed by atoms with van der Waals surface area (Å²) in [5.41, 5.74) is 6.01. The van der Waals surface area contributed by atoms with Gasteiger partial charge < -0.3 is 16.0 Å². The van der Waals surface area contributed by atoms with Crippen LogP contribution in [-0.4, -0.2) is 41.0 Å². The second-order valence-electron chi connectivity index (χ2n) is 7.55. The van der Waals surface area contributed by atoms with Crippen LogP contribution in [0.3, 0.4) is 0 Å². The van der Waals surface area contributed by atoms with Gasteiger partial charge in [0.1, 0.15) is 17.7 Å². The first kappa shape index (κ1) is 23.1. The number of hydrogen-bond acceptors (Lipinski definition) is 4. The molecule has 1 aliphatic heterocycles.